The SMILES string of the molecule is CCC(CN)CNCc1ccc(C)cc1C. The van der Waals surface area contributed by atoms with Crippen LogP contribution in [0, 0.1) is 19.8 Å². The quantitative estimate of drug-likeness (QED) is 0.772. The third kappa shape index (κ3) is 3.95. The van der Waals surface area contributed by atoms with Gasteiger partial charge in [-0.15, -0.1) is 0 Å². The fraction of sp³-hybridized carbons (Fsp3) is 0.571. The molecule has 0 saturated heterocycles. The van der Waals surface area contributed by atoms with Gasteiger partial charge in [-0.25, -0.2) is 0 Å². The normalized spacial score (nSPS) is 12.8. The monoisotopic (exact) mass is 220 g/mol. The average molecular weight is 220 g/mol. The zero-order valence-electron chi connectivity index (χ0n) is 10.7. The minimum Gasteiger partial charge on any atom is -0.330 e. The summed E-state index contributed by atoms with van der Waals surface area (Å²) in [7, 11) is 0. The topological polar surface area (TPSA) is 38.0 Å². The first-order valence-electron chi connectivity index (χ1n) is 6.14. The Balaban J connectivity index is 2.42. The van der Waals surface area contributed by atoms with Crippen molar-refractivity contribution in [1.29, 1.82) is 0 Å². The van der Waals surface area contributed by atoms with Gasteiger partial charge in [-0.3, -0.25) is 0 Å². The maximum atomic E-state index is 5.67. The molecule has 1 aromatic carbocycles. The number of nitrogens with two attached hydrogens (primary N) is 1. The van der Waals surface area contributed by atoms with Gasteiger partial charge in [0.15, 0.2) is 0 Å². The Labute approximate surface area is 99.2 Å². The predicted molar refractivity (Wildman–Crippen MR) is 70.5 cm³/mol. The lowest BCUT2D eigenvalue weighted by molar-refractivity contribution is 0.471. The van der Waals surface area contributed by atoms with Crippen LogP contribution in [0.1, 0.15) is 30.0 Å². The Morgan fingerprint density at radius 1 is 1.31 bits per heavy atom. The molecule has 0 bridgehead atoms. The molecule has 1 aromatic rings. The second kappa shape index (κ2) is 6.66. The van der Waals surface area contributed by atoms with E-state index in [1.54, 1.807) is 0 Å². The number of nitrogens with one attached hydrogen (secondary N) is 1. The van der Waals surface area contributed by atoms with E-state index in [0.29, 0.717) is 5.92 Å². The van der Waals surface area contributed by atoms with E-state index in [4.69, 9.17) is 5.73 Å². The van der Waals surface area contributed by atoms with Crippen molar-refractivity contribution in [2.75, 3.05) is 13.1 Å². The lowest BCUT2D eigenvalue weighted by Gasteiger charge is -2.14. The largest absolute Gasteiger partial charge is 0.330 e. The summed E-state index contributed by atoms with van der Waals surface area (Å²) in [5.74, 6) is 0.603. The van der Waals surface area contributed by atoms with Crippen molar-refractivity contribution in [2.45, 2.75) is 33.7 Å². The second-order valence-corrected chi connectivity index (χ2v) is 4.57. The number of hydrogen-bond donors (Lipinski definition) is 2. The molecule has 0 aliphatic rings. The van der Waals surface area contributed by atoms with Crippen LogP contribution in [0.4, 0.5) is 0 Å². The Morgan fingerprint density at radius 2 is 2.06 bits per heavy atom. The Hall–Kier alpha value is -0.860. The van der Waals surface area contributed by atoms with Gasteiger partial charge in [-0.05, 0) is 44.0 Å². The van der Waals surface area contributed by atoms with Crippen LogP contribution >= 0.6 is 0 Å². The highest BCUT2D eigenvalue weighted by molar-refractivity contribution is 5.30. The van der Waals surface area contributed by atoms with Gasteiger partial charge in [0, 0.05) is 6.54 Å². The summed E-state index contributed by atoms with van der Waals surface area (Å²) in [5.41, 5.74) is 9.76. The molecule has 0 aliphatic carbocycles. The first-order valence-corrected chi connectivity index (χ1v) is 6.14. The molecule has 0 aliphatic heterocycles. The van der Waals surface area contributed by atoms with E-state index in [0.717, 1.165) is 26.1 Å². The van der Waals surface area contributed by atoms with Gasteiger partial charge in [-0.2, -0.15) is 0 Å². The van der Waals surface area contributed by atoms with E-state index >= 15 is 0 Å². The first-order chi connectivity index (χ1) is 7.67. The molecule has 0 aromatic heterocycles. The van der Waals surface area contributed by atoms with Crippen LogP contribution in [0.25, 0.3) is 0 Å². The van der Waals surface area contributed by atoms with Crippen molar-refractivity contribution in [2.24, 2.45) is 11.7 Å². The molecule has 0 fully saturated rings. The summed E-state index contributed by atoms with van der Waals surface area (Å²) in [5, 5.41) is 3.48. The fourth-order valence-corrected chi connectivity index (χ4v) is 1.85. The van der Waals surface area contributed by atoms with Gasteiger partial charge in [0.1, 0.15) is 0 Å². The van der Waals surface area contributed by atoms with Crippen LogP contribution in [0.5, 0.6) is 0 Å². The maximum absolute atomic E-state index is 5.67. The van der Waals surface area contributed by atoms with Gasteiger partial charge in [0.05, 0.1) is 0 Å². The molecule has 1 rings (SSSR count). The standard InChI is InChI=1S/C14H24N2/c1-4-13(8-15)9-16-10-14-6-5-11(2)7-12(14)3/h5-7,13,16H,4,8-10,15H2,1-3H3. The van der Waals surface area contributed by atoms with Crippen LogP contribution in [0.2, 0.25) is 0 Å². The molecule has 0 radical (unpaired) electrons. The molecule has 0 saturated carbocycles. The van der Waals surface area contributed by atoms with Crippen molar-refractivity contribution in [3.8, 4) is 0 Å². The molecule has 1 unspecified atom stereocenters. The van der Waals surface area contributed by atoms with Crippen LogP contribution < -0.4 is 11.1 Å². The van der Waals surface area contributed by atoms with Crippen molar-refractivity contribution in [3.05, 3.63) is 34.9 Å². The van der Waals surface area contributed by atoms with E-state index in [1.807, 2.05) is 0 Å². The van der Waals surface area contributed by atoms with Crippen LogP contribution in [0.15, 0.2) is 18.2 Å². The Kier molecular flexibility index (Phi) is 5.50. The molecule has 2 heteroatoms. The third-order valence-electron chi connectivity index (χ3n) is 3.16. The molecule has 2 nitrogen and oxygen atoms in total. The first kappa shape index (κ1) is 13.2. The van der Waals surface area contributed by atoms with Gasteiger partial charge < -0.3 is 11.1 Å². The minimum absolute atomic E-state index is 0.603. The highest BCUT2D eigenvalue weighted by atomic mass is 14.9. The number of benzene rings is 1. The number of rotatable bonds is 6. The van der Waals surface area contributed by atoms with Crippen LogP contribution in [-0.4, -0.2) is 13.1 Å². The molecule has 0 amide bonds. The molecule has 16 heavy (non-hydrogen) atoms. The average Bonchev–Trinajstić information content (AvgIpc) is 2.27. The summed E-state index contributed by atoms with van der Waals surface area (Å²) in [6.45, 7) is 9.23. The van der Waals surface area contributed by atoms with E-state index in [2.05, 4.69) is 44.3 Å². The van der Waals surface area contributed by atoms with E-state index in [1.165, 1.54) is 16.7 Å². The lowest BCUT2D eigenvalue weighted by Crippen LogP contribution is -2.27. The van der Waals surface area contributed by atoms with Gasteiger partial charge in [0.2, 0.25) is 0 Å². The summed E-state index contributed by atoms with van der Waals surface area (Å²) >= 11 is 0. The van der Waals surface area contributed by atoms with Gasteiger partial charge in [0.25, 0.3) is 0 Å². The molecular formula is C14H24N2. The smallest absolute Gasteiger partial charge is 0.0208 e. The summed E-state index contributed by atoms with van der Waals surface area (Å²) in [6.07, 6.45) is 1.15. The maximum Gasteiger partial charge on any atom is 0.0208 e. The Bertz CT molecular complexity index is 317. The molecule has 0 spiro atoms. The van der Waals surface area contributed by atoms with Gasteiger partial charge >= 0.3 is 0 Å². The molecular weight excluding hydrogens is 196 g/mol. The highest BCUT2D eigenvalue weighted by Gasteiger charge is 2.03. The minimum atomic E-state index is 0.603. The van der Waals surface area contributed by atoms with E-state index < -0.39 is 0 Å². The number of hydrogen-bond acceptors (Lipinski definition) is 2. The van der Waals surface area contributed by atoms with Crippen molar-refractivity contribution in [3.63, 3.8) is 0 Å². The van der Waals surface area contributed by atoms with Crippen molar-refractivity contribution >= 4 is 0 Å². The molecule has 0 heterocycles. The molecule has 1 atom stereocenters. The second-order valence-electron chi connectivity index (χ2n) is 4.57. The zero-order valence-corrected chi connectivity index (χ0v) is 10.7. The molecule has 3 N–H and O–H groups in total. The van der Waals surface area contributed by atoms with Crippen molar-refractivity contribution < 1.29 is 0 Å². The fourth-order valence-electron chi connectivity index (χ4n) is 1.85. The summed E-state index contributed by atoms with van der Waals surface area (Å²) < 4.78 is 0. The lowest BCUT2D eigenvalue weighted by atomic mass is 10.0. The third-order valence-corrected chi connectivity index (χ3v) is 3.16. The number of aryl methyl sites for hydroxylation is 2. The highest BCUT2D eigenvalue weighted by Crippen LogP contribution is 2.10. The van der Waals surface area contributed by atoms with Gasteiger partial charge in [-0.1, -0.05) is 37.1 Å². The van der Waals surface area contributed by atoms with Crippen molar-refractivity contribution in [1.82, 2.24) is 5.32 Å². The van der Waals surface area contributed by atoms with Crippen LogP contribution in [-0.2, 0) is 6.54 Å². The van der Waals surface area contributed by atoms with E-state index in [9.17, 15) is 0 Å². The molecule has 90 valence electrons. The summed E-state index contributed by atoms with van der Waals surface area (Å²) in [6, 6.07) is 6.61. The zero-order chi connectivity index (χ0) is 12.0. The van der Waals surface area contributed by atoms with E-state index in [-0.39, 0.29) is 0 Å². The Morgan fingerprint density at radius 3 is 2.62 bits per heavy atom. The summed E-state index contributed by atoms with van der Waals surface area (Å²) in [4.78, 5) is 0. The van der Waals surface area contributed by atoms with Crippen LogP contribution in [0.3, 0.4) is 0 Å². The predicted octanol–water partition coefficient (Wildman–Crippen LogP) is 2.38.